The fraction of sp³-hybridized carbons (Fsp3) is 0.296. The molecule has 5 rings (SSSR count). The molecule has 10 heteroatoms. The number of pyridine rings is 1. The van der Waals surface area contributed by atoms with Crippen molar-refractivity contribution in [2.75, 3.05) is 18.0 Å². The third-order valence-electron chi connectivity index (χ3n) is 6.55. The Morgan fingerprint density at radius 2 is 1.95 bits per heavy atom. The molecule has 1 aliphatic rings. The highest BCUT2D eigenvalue weighted by Crippen LogP contribution is 2.34. The number of benzene rings is 2. The average Bonchev–Trinajstić information content (AvgIpc) is 3.32. The van der Waals surface area contributed by atoms with Crippen LogP contribution in [0.1, 0.15) is 29.7 Å². The van der Waals surface area contributed by atoms with Crippen LogP contribution in [0.5, 0.6) is 0 Å². The van der Waals surface area contributed by atoms with Gasteiger partial charge in [0.15, 0.2) is 5.13 Å². The van der Waals surface area contributed by atoms with Crippen LogP contribution < -0.4 is 4.90 Å². The number of halogens is 1. The molecular formula is C27H27FN4O3S2. The van der Waals surface area contributed by atoms with E-state index in [9.17, 15) is 17.6 Å². The number of carbonyl (C=O) groups excluding carboxylic acids is 1. The highest BCUT2D eigenvalue weighted by atomic mass is 32.2. The second-order valence-corrected chi connectivity index (χ2v) is 12.3. The zero-order chi connectivity index (χ0) is 26.2. The zero-order valence-corrected chi connectivity index (χ0v) is 22.2. The normalized spacial score (nSPS) is 16.7. The van der Waals surface area contributed by atoms with Crippen molar-refractivity contribution in [2.45, 2.75) is 38.1 Å². The summed E-state index contributed by atoms with van der Waals surface area (Å²) in [7, 11) is -3.85. The van der Waals surface area contributed by atoms with Gasteiger partial charge in [0.05, 0.1) is 33.3 Å². The lowest BCUT2D eigenvalue weighted by molar-refractivity contribution is -0.123. The number of carbonyl (C=O) groups is 1. The van der Waals surface area contributed by atoms with E-state index in [2.05, 4.69) is 17.1 Å². The molecule has 1 aliphatic heterocycles. The highest BCUT2D eigenvalue weighted by molar-refractivity contribution is 7.89. The van der Waals surface area contributed by atoms with Crippen molar-refractivity contribution >= 4 is 42.6 Å². The van der Waals surface area contributed by atoms with Crippen molar-refractivity contribution in [1.29, 1.82) is 0 Å². The first-order valence-corrected chi connectivity index (χ1v) is 14.3. The summed E-state index contributed by atoms with van der Waals surface area (Å²) in [4.78, 5) is 24.9. The van der Waals surface area contributed by atoms with Crippen LogP contribution in [0.4, 0.5) is 9.52 Å². The summed E-state index contributed by atoms with van der Waals surface area (Å²) in [6, 6.07) is 14.4. The first kappa shape index (κ1) is 25.4. The summed E-state index contributed by atoms with van der Waals surface area (Å²) >= 11 is 1.45. The van der Waals surface area contributed by atoms with Crippen LogP contribution in [0.3, 0.4) is 0 Å². The van der Waals surface area contributed by atoms with Gasteiger partial charge in [-0.1, -0.05) is 23.5 Å². The predicted molar refractivity (Wildman–Crippen MR) is 142 cm³/mol. The van der Waals surface area contributed by atoms with E-state index >= 15 is 0 Å². The third-order valence-corrected chi connectivity index (χ3v) is 9.45. The minimum Gasteiger partial charge on any atom is -0.282 e. The number of thiazole rings is 1. The molecular weight excluding hydrogens is 511 g/mol. The molecule has 1 amide bonds. The number of rotatable bonds is 6. The number of hydrogen-bond acceptors (Lipinski definition) is 6. The molecule has 0 N–H and O–H groups in total. The average molecular weight is 539 g/mol. The third kappa shape index (κ3) is 5.27. The Balaban J connectivity index is 1.46. The second kappa shape index (κ2) is 10.3. The van der Waals surface area contributed by atoms with Gasteiger partial charge in [0, 0.05) is 19.3 Å². The maximum Gasteiger partial charge on any atom is 0.243 e. The monoisotopic (exact) mass is 538 g/mol. The Morgan fingerprint density at radius 3 is 2.68 bits per heavy atom. The van der Waals surface area contributed by atoms with Crippen molar-refractivity contribution in [1.82, 2.24) is 14.3 Å². The Labute approximate surface area is 219 Å². The van der Waals surface area contributed by atoms with E-state index in [-0.39, 0.29) is 23.9 Å². The van der Waals surface area contributed by atoms with Crippen molar-refractivity contribution in [3.05, 3.63) is 83.4 Å². The number of amides is 1. The van der Waals surface area contributed by atoms with E-state index in [1.54, 1.807) is 11.1 Å². The number of aryl methyl sites for hydroxylation is 2. The molecule has 0 saturated carbocycles. The molecule has 1 saturated heterocycles. The molecule has 192 valence electrons. The topological polar surface area (TPSA) is 83.5 Å². The molecule has 1 atom stereocenters. The first-order valence-electron chi connectivity index (χ1n) is 12.1. The fourth-order valence-electron chi connectivity index (χ4n) is 4.71. The lowest BCUT2D eigenvalue weighted by Gasteiger charge is -2.33. The van der Waals surface area contributed by atoms with E-state index in [1.165, 1.54) is 27.8 Å². The van der Waals surface area contributed by atoms with E-state index in [1.807, 2.05) is 32.0 Å². The van der Waals surface area contributed by atoms with Crippen molar-refractivity contribution in [3.8, 4) is 0 Å². The SMILES string of the molecule is Cc1cc(C)c2nc(N(Cc3ccccn3)C(=O)C3CCCN(S(=O)(=O)c4ccc(F)cc4)C3)sc2c1. The Bertz CT molecular complexity index is 1540. The molecule has 0 radical (unpaired) electrons. The summed E-state index contributed by atoms with van der Waals surface area (Å²) in [6.45, 7) is 4.63. The van der Waals surface area contributed by atoms with Gasteiger partial charge in [-0.15, -0.1) is 0 Å². The maximum absolute atomic E-state index is 14.0. The molecule has 37 heavy (non-hydrogen) atoms. The second-order valence-electron chi connectivity index (χ2n) is 9.33. The van der Waals surface area contributed by atoms with Crippen LogP contribution in [0.15, 0.2) is 65.7 Å². The number of sulfonamides is 1. The number of anilines is 1. The fourth-order valence-corrected chi connectivity index (χ4v) is 7.38. The molecule has 0 bridgehead atoms. The van der Waals surface area contributed by atoms with Gasteiger partial charge in [0.1, 0.15) is 5.82 Å². The van der Waals surface area contributed by atoms with Crippen LogP contribution in [0.25, 0.3) is 10.2 Å². The van der Waals surface area contributed by atoms with E-state index in [4.69, 9.17) is 4.98 Å². The van der Waals surface area contributed by atoms with Crippen LogP contribution >= 0.6 is 11.3 Å². The first-order chi connectivity index (χ1) is 17.7. The van der Waals surface area contributed by atoms with Crippen molar-refractivity contribution < 1.29 is 17.6 Å². The molecule has 0 spiro atoms. The van der Waals surface area contributed by atoms with Gasteiger partial charge in [0.25, 0.3) is 0 Å². The number of aromatic nitrogens is 2. The lowest BCUT2D eigenvalue weighted by atomic mass is 9.98. The molecule has 1 unspecified atom stereocenters. The molecule has 2 aromatic heterocycles. The molecule has 7 nitrogen and oxygen atoms in total. The van der Waals surface area contributed by atoms with Crippen LogP contribution in [0.2, 0.25) is 0 Å². The maximum atomic E-state index is 14.0. The molecule has 0 aliphatic carbocycles. The van der Waals surface area contributed by atoms with E-state index in [0.717, 1.165) is 39.2 Å². The van der Waals surface area contributed by atoms with Gasteiger partial charge in [-0.3, -0.25) is 14.7 Å². The number of fused-ring (bicyclic) bond motifs is 1. The zero-order valence-electron chi connectivity index (χ0n) is 20.6. The number of nitrogens with zero attached hydrogens (tertiary/aromatic N) is 4. The molecule has 4 aromatic rings. The van der Waals surface area contributed by atoms with E-state index in [0.29, 0.717) is 24.5 Å². The quantitative estimate of drug-likeness (QED) is 0.342. The smallest absolute Gasteiger partial charge is 0.243 e. The summed E-state index contributed by atoms with van der Waals surface area (Å²) in [5, 5.41) is 0.567. The Hall–Kier alpha value is -3.21. The summed E-state index contributed by atoms with van der Waals surface area (Å²) < 4.78 is 42.2. The van der Waals surface area contributed by atoms with Crippen molar-refractivity contribution in [2.24, 2.45) is 5.92 Å². The molecule has 2 aromatic carbocycles. The summed E-state index contributed by atoms with van der Waals surface area (Å²) in [6.07, 6.45) is 2.80. The van der Waals surface area contributed by atoms with Gasteiger partial charge in [-0.2, -0.15) is 4.31 Å². The summed E-state index contributed by atoms with van der Waals surface area (Å²) in [5.74, 6) is -1.22. The Morgan fingerprint density at radius 1 is 1.16 bits per heavy atom. The van der Waals surface area contributed by atoms with Gasteiger partial charge in [-0.25, -0.2) is 17.8 Å². The van der Waals surface area contributed by atoms with Gasteiger partial charge in [-0.05, 0) is 80.3 Å². The van der Waals surface area contributed by atoms with Gasteiger partial charge < -0.3 is 0 Å². The number of hydrogen-bond donors (Lipinski definition) is 0. The summed E-state index contributed by atoms with van der Waals surface area (Å²) in [5.41, 5.74) is 3.73. The van der Waals surface area contributed by atoms with Crippen LogP contribution in [-0.4, -0.2) is 41.7 Å². The Kier molecular flexibility index (Phi) is 7.06. The van der Waals surface area contributed by atoms with E-state index < -0.39 is 21.8 Å². The molecule has 3 heterocycles. The number of piperidine rings is 1. The minimum absolute atomic E-state index is 0.0179. The van der Waals surface area contributed by atoms with Crippen LogP contribution in [0, 0.1) is 25.6 Å². The van der Waals surface area contributed by atoms with Gasteiger partial charge in [0.2, 0.25) is 15.9 Å². The largest absolute Gasteiger partial charge is 0.282 e. The van der Waals surface area contributed by atoms with Gasteiger partial charge >= 0.3 is 0 Å². The van der Waals surface area contributed by atoms with Crippen molar-refractivity contribution in [3.63, 3.8) is 0 Å². The molecule has 1 fully saturated rings. The predicted octanol–water partition coefficient (Wildman–Crippen LogP) is 5.08. The standard InChI is InChI=1S/C27H27FN4O3S2/c1-18-14-19(2)25-24(15-18)36-27(30-25)32(17-22-7-3-4-12-29-22)26(33)20-6-5-13-31(16-20)37(34,35)23-10-8-21(28)9-11-23/h3-4,7-12,14-15,20H,5-6,13,16-17H2,1-2H3. The minimum atomic E-state index is -3.85. The van der Waals surface area contributed by atoms with Crippen LogP contribution in [-0.2, 0) is 21.4 Å². The highest BCUT2D eigenvalue weighted by Gasteiger charge is 2.36. The lowest BCUT2D eigenvalue weighted by Crippen LogP contribution is -2.46.